The van der Waals surface area contributed by atoms with Gasteiger partial charge in [-0.2, -0.15) is 0 Å². The number of thioether (sulfide) groups is 1. The number of aromatic nitrogens is 3. The Hall–Kier alpha value is -1.19. The Kier molecular flexibility index (Phi) is 5.50. The van der Waals surface area contributed by atoms with Crippen molar-refractivity contribution in [2.75, 3.05) is 5.75 Å². The summed E-state index contributed by atoms with van der Waals surface area (Å²) in [6.07, 6.45) is 0. The molecular formula is C16H14IN3OS2. The third-order valence-electron chi connectivity index (χ3n) is 3.27. The highest BCUT2D eigenvalue weighted by Gasteiger charge is 2.15. The number of thiophene rings is 1. The molecule has 0 spiro atoms. The number of benzene rings is 1. The molecule has 2 aromatic heterocycles. The first-order valence-corrected chi connectivity index (χ1v) is 10.0. The third-order valence-corrected chi connectivity index (χ3v) is 5.82. The molecule has 3 rings (SSSR count). The van der Waals surface area contributed by atoms with Gasteiger partial charge < -0.3 is 4.57 Å². The van der Waals surface area contributed by atoms with Crippen molar-refractivity contribution in [3.63, 3.8) is 0 Å². The fourth-order valence-corrected chi connectivity index (χ4v) is 4.09. The average molecular weight is 455 g/mol. The summed E-state index contributed by atoms with van der Waals surface area (Å²) < 4.78 is 3.18. The minimum absolute atomic E-state index is 0.106. The predicted molar refractivity (Wildman–Crippen MR) is 103 cm³/mol. The maximum Gasteiger partial charge on any atom is 0.191 e. The molecule has 0 saturated heterocycles. The molecule has 0 bridgehead atoms. The number of Topliss-reactive ketones (excluding diaryl/α,β-unsaturated/α-hetero) is 1. The van der Waals surface area contributed by atoms with Crippen LogP contribution in [0.2, 0.25) is 0 Å². The quantitative estimate of drug-likeness (QED) is 0.310. The van der Waals surface area contributed by atoms with Crippen LogP contribution in [0.4, 0.5) is 0 Å². The second-order valence-electron chi connectivity index (χ2n) is 4.75. The first-order valence-electron chi connectivity index (χ1n) is 7.07. The van der Waals surface area contributed by atoms with E-state index in [1.54, 1.807) is 11.3 Å². The average Bonchev–Trinajstić information content (AvgIpc) is 3.22. The summed E-state index contributed by atoms with van der Waals surface area (Å²) in [5, 5.41) is 11.3. The van der Waals surface area contributed by atoms with Crippen LogP contribution in [0.3, 0.4) is 0 Å². The Morgan fingerprint density at radius 2 is 2.04 bits per heavy atom. The van der Waals surface area contributed by atoms with E-state index in [0.717, 1.165) is 31.5 Å². The molecular weight excluding hydrogens is 441 g/mol. The van der Waals surface area contributed by atoms with Gasteiger partial charge in [0.1, 0.15) is 0 Å². The second kappa shape index (κ2) is 7.59. The lowest BCUT2D eigenvalue weighted by Gasteiger charge is -2.06. The van der Waals surface area contributed by atoms with E-state index in [0.29, 0.717) is 5.75 Å². The molecule has 23 heavy (non-hydrogen) atoms. The van der Waals surface area contributed by atoms with Crippen molar-refractivity contribution in [2.45, 2.75) is 18.6 Å². The van der Waals surface area contributed by atoms with Gasteiger partial charge >= 0.3 is 0 Å². The fraction of sp³-hybridized carbons (Fsp3) is 0.188. The van der Waals surface area contributed by atoms with Gasteiger partial charge in [-0.1, -0.05) is 30.0 Å². The zero-order chi connectivity index (χ0) is 16.2. The third kappa shape index (κ3) is 3.84. The van der Waals surface area contributed by atoms with Crippen LogP contribution in [0.5, 0.6) is 0 Å². The summed E-state index contributed by atoms with van der Waals surface area (Å²) in [5.41, 5.74) is 0.735. The standard InChI is InChI=1S/C16H14IN3OS2/c1-2-20-15(14-4-3-9-22-14)18-19-16(20)23-10-13(21)11-5-7-12(17)8-6-11/h3-9H,2,10H2,1H3. The molecule has 0 aliphatic heterocycles. The molecule has 0 atom stereocenters. The van der Waals surface area contributed by atoms with Crippen molar-refractivity contribution in [1.82, 2.24) is 14.8 Å². The Labute approximate surface area is 156 Å². The summed E-state index contributed by atoms with van der Waals surface area (Å²) in [4.78, 5) is 13.4. The SMILES string of the molecule is CCn1c(SCC(=O)c2ccc(I)cc2)nnc1-c1cccs1. The summed E-state index contributed by atoms with van der Waals surface area (Å²) >= 11 is 5.31. The normalized spacial score (nSPS) is 10.9. The highest BCUT2D eigenvalue weighted by Crippen LogP contribution is 2.27. The predicted octanol–water partition coefficient (Wildman–Crippen LogP) is 4.61. The lowest BCUT2D eigenvalue weighted by Crippen LogP contribution is -2.05. The summed E-state index contributed by atoms with van der Waals surface area (Å²) in [6, 6.07) is 11.7. The van der Waals surface area contributed by atoms with Crippen molar-refractivity contribution in [2.24, 2.45) is 0 Å². The van der Waals surface area contributed by atoms with Gasteiger partial charge in [-0.15, -0.1) is 21.5 Å². The molecule has 3 aromatic rings. The van der Waals surface area contributed by atoms with Gasteiger partial charge in [-0.3, -0.25) is 4.79 Å². The Bertz CT molecular complexity index is 797. The van der Waals surface area contributed by atoms with E-state index >= 15 is 0 Å². The van der Waals surface area contributed by atoms with Crippen LogP contribution in [0.25, 0.3) is 10.7 Å². The highest BCUT2D eigenvalue weighted by atomic mass is 127. The maximum absolute atomic E-state index is 12.3. The van der Waals surface area contributed by atoms with E-state index in [-0.39, 0.29) is 5.78 Å². The number of hydrogen-bond acceptors (Lipinski definition) is 5. The van der Waals surface area contributed by atoms with E-state index < -0.39 is 0 Å². The molecule has 4 nitrogen and oxygen atoms in total. The first-order chi connectivity index (χ1) is 11.2. The highest BCUT2D eigenvalue weighted by molar-refractivity contribution is 14.1. The molecule has 0 saturated carbocycles. The molecule has 0 amide bonds. The Morgan fingerprint density at radius 1 is 1.26 bits per heavy atom. The minimum atomic E-state index is 0.106. The van der Waals surface area contributed by atoms with Crippen LogP contribution in [-0.2, 0) is 6.54 Å². The van der Waals surface area contributed by atoms with Gasteiger partial charge in [-0.25, -0.2) is 0 Å². The first kappa shape index (κ1) is 16.7. The van der Waals surface area contributed by atoms with E-state index in [4.69, 9.17) is 0 Å². The lowest BCUT2D eigenvalue weighted by molar-refractivity contribution is 0.102. The number of carbonyl (C=O) groups is 1. The molecule has 1 aromatic carbocycles. The number of halogens is 1. The molecule has 118 valence electrons. The van der Waals surface area contributed by atoms with Gasteiger partial charge in [0, 0.05) is 15.7 Å². The van der Waals surface area contributed by atoms with Gasteiger partial charge in [0.15, 0.2) is 16.8 Å². The zero-order valence-corrected chi connectivity index (χ0v) is 16.2. The smallest absolute Gasteiger partial charge is 0.191 e. The van der Waals surface area contributed by atoms with Crippen LogP contribution >= 0.6 is 45.7 Å². The fourth-order valence-electron chi connectivity index (χ4n) is 2.12. The number of rotatable bonds is 6. The van der Waals surface area contributed by atoms with Gasteiger partial charge in [0.25, 0.3) is 0 Å². The van der Waals surface area contributed by atoms with Crippen LogP contribution in [0.15, 0.2) is 46.9 Å². The number of nitrogens with zero attached hydrogens (tertiary/aromatic N) is 3. The molecule has 0 fully saturated rings. The zero-order valence-electron chi connectivity index (χ0n) is 12.4. The summed E-state index contributed by atoms with van der Waals surface area (Å²) in [7, 11) is 0. The van der Waals surface area contributed by atoms with Crippen molar-refractivity contribution in [3.05, 3.63) is 50.9 Å². The largest absolute Gasteiger partial charge is 0.302 e. The molecule has 0 N–H and O–H groups in total. The molecule has 7 heteroatoms. The van der Waals surface area contributed by atoms with E-state index in [2.05, 4.69) is 44.3 Å². The lowest BCUT2D eigenvalue weighted by atomic mass is 10.2. The van der Waals surface area contributed by atoms with Crippen molar-refractivity contribution >= 4 is 51.5 Å². The number of hydrogen-bond donors (Lipinski definition) is 0. The second-order valence-corrected chi connectivity index (χ2v) is 7.88. The summed E-state index contributed by atoms with van der Waals surface area (Å²) in [6.45, 7) is 2.84. The van der Waals surface area contributed by atoms with E-state index in [1.165, 1.54) is 11.8 Å². The Balaban J connectivity index is 1.73. The minimum Gasteiger partial charge on any atom is -0.302 e. The van der Waals surface area contributed by atoms with Crippen LogP contribution in [0.1, 0.15) is 17.3 Å². The Morgan fingerprint density at radius 3 is 2.70 bits per heavy atom. The van der Waals surface area contributed by atoms with Gasteiger partial charge in [-0.05, 0) is 53.1 Å². The van der Waals surface area contributed by atoms with Gasteiger partial charge in [0.2, 0.25) is 0 Å². The summed E-state index contributed by atoms with van der Waals surface area (Å²) in [5.74, 6) is 1.34. The van der Waals surface area contributed by atoms with Crippen LogP contribution in [-0.4, -0.2) is 26.3 Å². The molecule has 0 unspecified atom stereocenters. The maximum atomic E-state index is 12.3. The number of ketones is 1. The molecule has 0 radical (unpaired) electrons. The van der Waals surface area contributed by atoms with Crippen molar-refractivity contribution in [3.8, 4) is 10.7 Å². The molecule has 0 aliphatic rings. The number of carbonyl (C=O) groups excluding carboxylic acids is 1. The monoisotopic (exact) mass is 455 g/mol. The van der Waals surface area contributed by atoms with Crippen LogP contribution < -0.4 is 0 Å². The van der Waals surface area contributed by atoms with Crippen molar-refractivity contribution in [1.29, 1.82) is 0 Å². The van der Waals surface area contributed by atoms with Gasteiger partial charge in [0.05, 0.1) is 10.6 Å². The van der Waals surface area contributed by atoms with E-state index in [1.807, 2.05) is 41.8 Å². The van der Waals surface area contributed by atoms with Crippen LogP contribution in [0, 0.1) is 3.57 Å². The van der Waals surface area contributed by atoms with Crippen molar-refractivity contribution < 1.29 is 4.79 Å². The molecule has 2 heterocycles. The molecule has 0 aliphatic carbocycles. The topological polar surface area (TPSA) is 47.8 Å². The van der Waals surface area contributed by atoms with E-state index in [9.17, 15) is 4.79 Å².